The van der Waals surface area contributed by atoms with Crippen LogP contribution in [-0.2, 0) is 4.79 Å². The number of carbonyl (C=O) groups excluding carboxylic acids is 1. The summed E-state index contributed by atoms with van der Waals surface area (Å²) in [7, 11) is 1.85. The largest absolute Gasteiger partial charge is 0.425 e. The van der Waals surface area contributed by atoms with Crippen LogP contribution in [0.4, 0.5) is 0 Å². The van der Waals surface area contributed by atoms with Gasteiger partial charge in [-0.05, 0) is 38.1 Å². The third-order valence-corrected chi connectivity index (χ3v) is 3.27. The van der Waals surface area contributed by atoms with Gasteiger partial charge in [0.25, 0.3) is 0 Å². The third kappa shape index (κ3) is 4.98. The van der Waals surface area contributed by atoms with Gasteiger partial charge in [0, 0.05) is 13.1 Å². The quantitative estimate of drug-likeness (QED) is 0.583. The smallest absolute Gasteiger partial charge is 0.233 e. The first-order valence-electron chi connectivity index (χ1n) is 5.92. The number of carbonyl (C=O) groups is 1. The van der Waals surface area contributed by atoms with Crippen LogP contribution in [-0.4, -0.2) is 31.8 Å². The van der Waals surface area contributed by atoms with E-state index in [1.807, 2.05) is 39.1 Å². The fourth-order valence-corrected chi connectivity index (χ4v) is 1.91. The number of hydrogen-bond donors (Lipinski definition) is 2. The highest BCUT2D eigenvalue weighted by Gasteiger charge is 2.05. The summed E-state index contributed by atoms with van der Waals surface area (Å²) in [5.41, 5.74) is 2.30. The second-order valence-corrected chi connectivity index (χ2v) is 4.69. The highest BCUT2D eigenvalue weighted by molar-refractivity contribution is 7.95. The van der Waals surface area contributed by atoms with Crippen LogP contribution in [0.5, 0.6) is 5.75 Å². The molecule has 18 heavy (non-hydrogen) atoms. The first-order valence-corrected chi connectivity index (χ1v) is 6.83. The second kappa shape index (κ2) is 8.00. The van der Waals surface area contributed by atoms with Gasteiger partial charge in [-0.1, -0.05) is 12.1 Å². The summed E-state index contributed by atoms with van der Waals surface area (Å²) in [5, 5.41) is 5.76. The highest BCUT2D eigenvalue weighted by Crippen LogP contribution is 2.23. The summed E-state index contributed by atoms with van der Waals surface area (Å²) in [6, 6.07) is 5.90. The van der Waals surface area contributed by atoms with Crippen LogP contribution in [0.3, 0.4) is 0 Å². The minimum absolute atomic E-state index is 0.0134. The molecule has 0 aromatic heterocycles. The van der Waals surface area contributed by atoms with Crippen LogP contribution in [0, 0.1) is 13.8 Å². The van der Waals surface area contributed by atoms with Crippen LogP contribution < -0.4 is 14.8 Å². The summed E-state index contributed by atoms with van der Waals surface area (Å²) >= 11 is 1.16. The van der Waals surface area contributed by atoms with Gasteiger partial charge in [-0.3, -0.25) is 4.79 Å². The molecule has 0 saturated carbocycles. The van der Waals surface area contributed by atoms with Crippen molar-refractivity contribution in [3.63, 3.8) is 0 Å². The number of amides is 1. The molecule has 0 aliphatic rings. The molecule has 0 atom stereocenters. The van der Waals surface area contributed by atoms with Gasteiger partial charge in [0.1, 0.15) is 11.5 Å². The Kier molecular flexibility index (Phi) is 6.60. The van der Waals surface area contributed by atoms with E-state index in [9.17, 15) is 4.79 Å². The zero-order chi connectivity index (χ0) is 13.4. The molecule has 1 aromatic rings. The fourth-order valence-electron chi connectivity index (χ4n) is 1.34. The van der Waals surface area contributed by atoms with Crippen molar-refractivity contribution in [1.82, 2.24) is 10.6 Å². The summed E-state index contributed by atoms with van der Waals surface area (Å²) < 4.78 is 5.53. The lowest BCUT2D eigenvalue weighted by atomic mass is 10.1. The molecule has 0 radical (unpaired) electrons. The predicted octanol–water partition coefficient (Wildman–Crippen LogP) is 1.67. The zero-order valence-corrected chi connectivity index (χ0v) is 11.9. The Morgan fingerprint density at radius 2 is 2.11 bits per heavy atom. The number of hydrogen-bond acceptors (Lipinski definition) is 4. The molecule has 0 fully saturated rings. The lowest BCUT2D eigenvalue weighted by molar-refractivity contribution is -0.118. The molecule has 0 spiro atoms. The van der Waals surface area contributed by atoms with Crippen molar-refractivity contribution in [3.8, 4) is 5.75 Å². The molecule has 4 nitrogen and oxygen atoms in total. The minimum atomic E-state index is -0.0134. The van der Waals surface area contributed by atoms with Gasteiger partial charge in [-0.2, -0.15) is 0 Å². The Labute approximate surface area is 113 Å². The molecule has 0 aliphatic heterocycles. The Bertz CT molecular complexity index is 397. The molecule has 0 saturated heterocycles. The van der Waals surface area contributed by atoms with Crippen LogP contribution in [0.15, 0.2) is 18.2 Å². The molecule has 2 N–H and O–H groups in total. The summed E-state index contributed by atoms with van der Waals surface area (Å²) in [4.78, 5) is 11.4. The van der Waals surface area contributed by atoms with Gasteiger partial charge in [-0.15, -0.1) is 0 Å². The van der Waals surface area contributed by atoms with Gasteiger partial charge < -0.3 is 14.8 Å². The van der Waals surface area contributed by atoms with Crippen molar-refractivity contribution in [2.45, 2.75) is 13.8 Å². The van der Waals surface area contributed by atoms with Gasteiger partial charge in [0.15, 0.2) is 0 Å². The molecule has 0 aliphatic carbocycles. The van der Waals surface area contributed by atoms with E-state index in [1.54, 1.807) is 0 Å². The average molecular weight is 268 g/mol. The zero-order valence-electron chi connectivity index (χ0n) is 11.1. The lowest BCUT2D eigenvalue weighted by Crippen LogP contribution is -2.31. The van der Waals surface area contributed by atoms with Gasteiger partial charge in [0.2, 0.25) is 5.91 Å². The molecule has 100 valence electrons. The van der Waals surface area contributed by atoms with E-state index in [0.717, 1.165) is 29.9 Å². The molecular formula is C13H20N2O2S. The van der Waals surface area contributed by atoms with Gasteiger partial charge in [0.05, 0.1) is 12.0 Å². The van der Waals surface area contributed by atoms with Crippen molar-refractivity contribution in [2.24, 2.45) is 0 Å². The van der Waals surface area contributed by atoms with Gasteiger partial charge in [-0.25, -0.2) is 0 Å². The Hall–Kier alpha value is -1.20. The van der Waals surface area contributed by atoms with Crippen molar-refractivity contribution in [2.75, 3.05) is 25.9 Å². The van der Waals surface area contributed by atoms with E-state index in [2.05, 4.69) is 10.6 Å². The van der Waals surface area contributed by atoms with Crippen LogP contribution in [0.25, 0.3) is 0 Å². The van der Waals surface area contributed by atoms with Crippen LogP contribution in [0.1, 0.15) is 11.1 Å². The number of likely N-dealkylation sites (N-methyl/N-ethyl adjacent to an activating group) is 1. The molecule has 1 rings (SSSR count). The van der Waals surface area contributed by atoms with E-state index in [-0.39, 0.29) is 5.91 Å². The maximum atomic E-state index is 11.4. The lowest BCUT2D eigenvalue weighted by Gasteiger charge is -2.09. The van der Waals surface area contributed by atoms with Gasteiger partial charge >= 0.3 is 0 Å². The number of benzene rings is 1. The topological polar surface area (TPSA) is 50.4 Å². The minimum Gasteiger partial charge on any atom is -0.425 e. The number of rotatable bonds is 7. The molecule has 0 unspecified atom stereocenters. The van der Waals surface area contributed by atoms with Crippen molar-refractivity contribution in [1.29, 1.82) is 0 Å². The Balaban J connectivity index is 2.29. The monoisotopic (exact) mass is 268 g/mol. The molecule has 0 heterocycles. The molecule has 0 bridgehead atoms. The average Bonchev–Trinajstić information content (AvgIpc) is 2.35. The second-order valence-electron chi connectivity index (χ2n) is 4.00. The third-order valence-electron chi connectivity index (χ3n) is 2.59. The number of nitrogens with one attached hydrogen (secondary N) is 2. The van der Waals surface area contributed by atoms with E-state index in [1.165, 1.54) is 5.56 Å². The van der Waals surface area contributed by atoms with Crippen LogP contribution >= 0.6 is 12.0 Å². The molecular weight excluding hydrogens is 248 g/mol. The molecule has 1 amide bonds. The van der Waals surface area contributed by atoms with E-state index >= 15 is 0 Å². The summed E-state index contributed by atoms with van der Waals surface area (Å²) in [6.45, 7) is 5.46. The Morgan fingerprint density at radius 3 is 2.83 bits per heavy atom. The highest BCUT2D eigenvalue weighted by atomic mass is 32.2. The normalized spacial score (nSPS) is 10.2. The maximum absolute atomic E-state index is 11.4. The molecule has 5 heteroatoms. The van der Waals surface area contributed by atoms with E-state index < -0.39 is 0 Å². The first kappa shape index (κ1) is 14.9. The van der Waals surface area contributed by atoms with E-state index in [0.29, 0.717) is 12.3 Å². The Morgan fingerprint density at radius 1 is 1.33 bits per heavy atom. The summed E-state index contributed by atoms with van der Waals surface area (Å²) in [5.74, 6) is 1.11. The van der Waals surface area contributed by atoms with Crippen molar-refractivity contribution >= 4 is 17.9 Å². The summed E-state index contributed by atoms with van der Waals surface area (Å²) in [6.07, 6.45) is 0. The van der Waals surface area contributed by atoms with Crippen molar-refractivity contribution in [3.05, 3.63) is 29.3 Å². The van der Waals surface area contributed by atoms with E-state index in [4.69, 9.17) is 4.18 Å². The standard InChI is InChI=1S/C13H20N2O2S/c1-10-5-4-6-12(11(10)2)17-18-9-13(16)15-8-7-14-3/h4-6,14H,7-9H2,1-3H3,(H,15,16). The first-order chi connectivity index (χ1) is 8.65. The predicted molar refractivity (Wildman–Crippen MR) is 75.9 cm³/mol. The van der Waals surface area contributed by atoms with Crippen molar-refractivity contribution < 1.29 is 8.98 Å². The molecule has 1 aromatic carbocycles. The maximum Gasteiger partial charge on any atom is 0.233 e. The number of aryl methyl sites for hydroxylation is 1. The fraction of sp³-hybridized carbons (Fsp3) is 0.462. The van der Waals surface area contributed by atoms with Crippen LogP contribution in [0.2, 0.25) is 0 Å². The SMILES string of the molecule is CNCCNC(=O)CSOc1cccc(C)c1C.